The fraction of sp³-hybridized carbons (Fsp3) is 1.00. The molecule has 3 atom stereocenters. The van der Waals surface area contributed by atoms with Gasteiger partial charge in [0.25, 0.3) is 0 Å². The van der Waals surface area contributed by atoms with Crippen LogP contribution in [-0.4, -0.2) is 42.7 Å². The molecule has 1 aliphatic rings. The van der Waals surface area contributed by atoms with Gasteiger partial charge in [-0.25, -0.2) is 0 Å². The summed E-state index contributed by atoms with van der Waals surface area (Å²) in [5.74, 6) is 0. The van der Waals surface area contributed by atoms with Crippen LogP contribution >= 0.6 is 0 Å². The normalized spacial score (nSPS) is 32.6. The molecule has 0 amide bonds. The van der Waals surface area contributed by atoms with Crippen molar-refractivity contribution in [3.63, 3.8) is 0 Å². The Balaban J connectivity index is 2.31. The summed E-state index contributed by atoms with van der Waals surface area (Å²) in [4.78, 5) is 0. The van der Waals surface area contributed by atoms with Crippen molar-refractivity contribution in [2.45, 2.75) is 57.3 Å². The zero-order valence-corrected chi connectivity index (χ0v) is 10.4. The van der Waals surface area contributed by atoms with E-state index in [2.05, 4.69) is 0 Å². The summed E-state index contributed by atoms with van der Waals surface area (Å²) >= 11 is 0. The minimum absolute atomic E-state index is 0.0483. The average molecular weight is 231 g/mol. The molecular formula is C12H25NO3. The van der Waals surface area contributed by atoms with Crippen LogP contribution in [0.3, 0.4) is 0 Å². The predicted octanol–water partition coefficient (Wildman–Crippen LogP) is 1.06. The summed E-state index contributed by atoms with van der Waals surface area (Å²) in [5.41, 5.74) is 5.63. The van der Waals surface area contributed by atoms with Crippen LogP contribution in [0.4, 0.5) is 0 Å². The monoisotopic (exact) mass is 231 g/mol. The third-order valence-electron chi connectivity index (χ3n) is 3.13. The van der Waals surface area contributed by atoms with Crippen LogP contribution < -0.4 is 5.73 Å². The van der Waals surface area contributed by atoms with Gasteiger partial charge >= 0.3 is 0 Å². The van der Waals surface area contributed by atoms with Gasteiger partial charge in [0.05, 0.1) is 25.4 Å². The maximum Gasteiger partial charge on any atom is 0.0784 e. The summed E-state index contributed by atoms with van der Waals surface area (Å²) in [5, 5.41) is 9.24. The first-order chi connectivity index (χ1) is 7.59. The minimum Gasteiger partial charge on any atom is -0.394 e. The Labute approximate surface area is 98.1 Å². The van der Waals surface area contributed by atoms with Crippen molar-refractivity contribution in [2.24, 2.45) is 5.73 Å². The molecule has 0 spiro atoms. The Bertz CT molecular complexity index is 201. The van der Waals surface area contributed by atoms with Gasteiger partial charge in [0, 0.05) is 12.1 Å². The summed E-state index contributed by atoms with van der Waals surface area (Å²) < 4.78 is 11.2. The zero-order chi connectivity index (χ0) is 12.0. The van der Waals surface area contributed by atoms with Crippen molar-refractivity contribution < 1.29 is 14.6 Å². The molecule has 0 aromatic carbocycles. The summed E-state index contributed by atoms with van der Waals surface area (Å²) in [6, 6.07) is 0. The molecule has 1 aliphatic carbocycles. The highest BCUT2D eigenvalue weighted by molar-refractivity contribution is 4.90. The highest BCUT2D eigenvalue weighted by Crippen LogP contribution is 2.28. The second-order valence-corrected chi connectivity index (χ2v) is 4.85. The molecule has 3 unspecified atom stereocenters. The zero-order valence-electron chi connectivity index (χ0n) is 10.4. The molecule has 4 heteroatoms. The smallest absolute Gasteiger partial charge is 0.0784 e. The minimum atomic E-state index is -0.436. The summed E-state index contributed by atoms with van der Waals surface area (Å²) in [7, 11) is 0. The number of aliphatic hydroxyl groups excluding tert-OH is 1. The first-order valence-corrected chi connectivity index (χ1v) is 6.22. The number of aliphatic hydroxyl groups is 1. The Hall–Kier alpha value is -0.160. The van der Waals surface area contributed by atoms with Crippen LogP contribution in [0.15, 0.2) is 0 Å². The first kappa shape index (κ1) is 13.9. The van der Waals surface area contributed by atoms with E-state index in [0.717, 1.165) is 32.3 Å². The lowest BCUT2D eigenvalue weighted by Gasteiger charge is -2.37. The van der Waals surface area contributed by atoms with Gasteiger partial charge in [-0.1, -0.05) is 0 Å². The van der Waals surface area contributed by atoms with E-state index in [1.54, 1.807) is 0 Å². The Kier molecular flexibility index (Phi) is 5.69. The molecule has 0 aromatic heterocycles. The van der Waals surface area contributed by atoms with Gasteiger partial charge in [0.2, 0.25) is 0 Å². The fourth-order valence-electron chi connectivity index (χ4n) is 2.25. The molecule has 1 fully saturated rings. The van der Waals surface area contributed by atoms with Gasteiger partial charge in [-0.05, 0) is 39.5 Å². The molecule has 16 heavy (non-hydrogen) atoms. The van der Waals surface area contributed by atoms with E-state index < -0.39 is 5.54 Å². The van der Waals surface area contributed by atoms with E-state index in [9.17, 15) is 5.11 Å². The number of nitrogens with two attached hydrogens (primary N) is 1. The molecule has 0 heterocycles. The molecule has 3 N–H and O–H groups in total. The molecule has 4 nitrogen and oxygen atoms in total. The quantitative estimate of drug-likeness (QED) is 0.717. The molecule has 0 aromatic rings. The fourth-order valence-corrected chi connectivity index (χ4v) is 2.25. The molecule has 96 valence electrons. The number of ether oxygens (including phenoxy) is 2. The van der Waals surface area contributed by atoms with Gasteiger partial charge in [0.1, 0.15) is 0 Å². The summed E-state index contributed by atoms with van der Waals surface area (Å²) in [6.45, 7) is 5.39. The Morgan fingerprint density at radius 2 is 2.31 bits per heavy atom. The molecule has 1 saturated carbocycles. The van der Waals surface area contributed by atoms with E-state index in [4.69, 9.17) is 15.2 Å². The molecule has 1 rings (SSSR count). The maximum atomic E-state index is 9.24. The lowest BCUT2D eigenvalue weighted by Crippen LogP contribution is -2.50. The lowest BCUT2D eigenvalue weighted by molar-refractivity contribution is -0.0727. The number of rotatable bonds is 6. The molecule has 0 aliphatic heterocycles. The Morgan fingerprint density at radius 1 is 1.56 bits per heavy atom. The van der Waals surface area contributed by atoms with Crippen LogP contribution in [0.2, 0.25) is 0 Å². The van der Waals surface area contributed by atoms with Crippen molar-refractivity contribution in [1.29, 1.82) is 0 Å². The highest BCUT2D eigenvalue weighted by Gasteiger charge is 2.33. The van der Waals surface area contributed by atoms with Crippen molar-refractivity contribution in [3.8, 4) is 0 Å². The van der Waals surface area contributed by atoms with Crippen LogP contribution in [0.25, 0.3) is 0 Å². The molecule has 0 bridgehead atoms. The Morgan fingerprint density at radius 3 is 2.94 bits per heavy atom. The van der Waals surface area contributed by atoms with Gasteiger partial charge < -0.3 is 20.3 Å². The van der Waals surface area contributed by atoms with Crippen LogP contribution in [-0.2, 0) is 9.47 Å². The van der Waals surface area contributed by atoms with Gasteiger partial charge in [-0.15, -0.1) is 0 Å². The third-order valence-corrected chi connectivity index (χ3v) is 3.13. The second-order valence-electron chi connectivity index (χ2n) is 4.85. The van der Waals surface area contributed by atoms with E-state index in [0.29, 0.717) is 6.61 Å². The van der Waals surface area contributed by atoms with Gasteiger partial charge in [-0.2, -0.15) is 0 Å². The lowest BCUT2D eigenvalue weighted by atomic mass is 9.81. The standard InChI is InChI=1S/C12H25NO3/c1-3-15-8-10(2)16-11-5-4-6-12(13,7-11)9-14/h10-11,14H,3-9,13H2,1-2H3. The summed E-state index contributed by atoms with van der Waals surface area (Å²) in [6.07, 6.45) is 3.98. The second kappa shape index (κ2) is 6.55. The van der Waals surface area contributed by atoms with Crippen molar-refractivity contribution in [1.82, 2.24) is 0 Å². The van der Waals surface area contributed by atoms with Crippen LogP contribution in [0.5, 0.6) is 0 Å². The molecular weight excluding hydrogens is 206 g/mol. The predicted molar refractivity (Wildman–Crippen MR) is 63.3 cm³/mol. The van der Waals surface area contributed by atoms with E-state index in [1.807, 2.05) is 13.8 Å². The van der Waals surface area contributed by atoms with E-state index >= 15 is 0 Å². The number of hydrogen-bond donors (Lipinski definition) is 2. The topological polar surface area (TPSA) is 64.7 Å². The average Bonchev–Trinajstić information content (AvgIpc) is 2.26. The van der Waals surface area contributed by atoms with Crippen molar-refractivity contribution >= 4 is 0 Å². The van der Waals surface area contributed by atoms with Gasteiger partial charge in [-0.3, -0.25) is 0 Å². The SMILES string of the molecule is CCOCC(C)OC1CCCC(N)(CO)C1. The highest BCUT2D eigenvalue weighted by atomic mass is 16.5. The van der Waals surface area contributed by atoms with Crippen LogP contribution in [0, 0.1) is 0 Å². The largest absolute Gasteiger partial charge is 0.394 e. The van der Waals surface area contributed by atoms with Crippen molar-refractivity contribution in [3.05, 3.63) is 0 Å². The number of hydrogen-bond acceptors (Lipinski definition) is 4. The molecule has 0 saturated heterocycles. The molecule has 0 radical (unpaired) electrons. The van der Waals surface area contributed by atoms with Crippen molar-refractivity contribution in [2.75, 3.05) is 19.8 Å². The van der Waals surface area contributed by atoms with E-state index in [1.165, 1.54) is 0 Å². The first-order valence-electron chi connectivity index (χ1n) is 6.22. The third kappa shape index (κ3) is 4.37. The van der Waals surface area contributed by atoms with E-state index in [-0.39, 0.29) is 18.8 Å². The van der Waals surface area contributed by atoms with Gasteiger partial charge in [0.15, 0.2) is 0 Å². The maximum absolute atomic E-state index is 9.24. The van der Waals surface area contributed by atoms with Crippen LogP contribution in [0.1, 0.15) is 39.5 Å².